The molecule has 2 aromatic heterocycles. The Morgan fingerprint density at radius 2 is 2.05 bits per heavy atom. The first-order valence-corrected chi connectivity index (χ1v) is 6.74. The molecule has 0 saturated heterocycles. The standard InChI is InChI=1S/C14H16N2O3/c17-13-11-7-4-8-15-12(11)16(14(18)19-13)9-10-5-2-1-3-6-10/h4,7-8,10H,1-3,5-6,9H2. The zero-order valence-electron chi connectivity index (χ0n) is 10.7. The maximum Gasteiger partial charge on any atom is 0.423 e. The molecule has 19 heavy (non-hydrogen) atoms. The van der Waals surface area contributed by atoms with Crippen molar-refractivity contribution in [1.29, 1.82) is 0 Å². The van der Waals surface area contributed by atoms with E-state index in [1.54, 1.807) is 18.3 Å². The molecule has 1 fully saturated rings. The van der Waals surface area contributed by atoms with E-state index in [-0.39, 0.29) is 0 Å². The summed E-state index contributed by atoms with van der Waals surface area (Å²) in [5.74, 6) is -0.119. The zero-order chi connectivity index (χ0) is 13.2. The SMILES string of the molecule is O=c1oc(=O)n(CC2CCCCC2)c2ncccc12. The van der Waals surface area contributed by atoms with Gasteiger partial charge in [-0.2, -0.15) is 0 Å². The second kappa shape index (κ2) is 4.99. The number of hydrogen-bond acceptors (Lipinski definition) is 4. The van der Waals surface area contributed by atoms with E-state index in [9.17, 15) is 9.59 Å². The summed E-state index contributed by atoms with van der Waals surface area (Å²) in [6, 6.07) is 3.32. The number of pyridine rings is 1. The molecular weight excluding hydrogens is 244 g/mol. The maximum absolute atomic E-state index is 11.9. The first-order valence-electron chi connectivity index (χ1n) is 6.74. The fourth-order valence-corrected chi connectivity index (χ4v) is 2.84. The van der Waals surface area contributed by atoms with Gasteiger partial charge in [0.2, 0.25) is 0 Å². The highest BCUT2D eigenvalue weighted by molar-refractivity contribution is 5.72. The molecule has 1 aliphatic rings. The second-order valence-electron chi connectivity index (χ2n) is 5.14. The summed E-state index contributed by atoms with van der Waals surface area (Å²) in [7, 11) is 0. The Bertz CT molecular complexity index is 696. The van der Waals surface area contributed by atoms with E-state index >= 15 is 0 Å². The number of hydrogen-bond donors (Lipinski definition) is 0. The van der Waals surface area contributed by atoms with Crippen molar-refractivity contribution in [2.45, 2.75) is 38.6 Å². The van der Waals surface area contributed by atoms with E-state index in [4.69, 9.17) is 4.42 Å². The summed E-state index contributed by atoms with van der Waals surface area (Å²) in [6.07, 6.45) is 7.54. The molecule has 0 unspecified atom stereocenters. The average molecular weight is 260 g/mol. The lowest BCUT2D eigenvalue weighted by Gasteiger charge is -2.22. The molecule has 0 aromatic carbocycles. The molecule has 2 aromatic rings. The summed E-state index contributed by atoms with van der Waals surface area (Å²) in [6.45, 7) is 0.593. The zero-order valence-corrected chi connectivity index (χ0v) is 10.7. The van der Waals surface area contributed by atoms with Crippen LogP contribution in [-0.2, 0) is 6.54 Å². The smallest absolute Gasteiger partial charge is 0.372 e. The van der Waals surface area contributed by atoms with Gasteiger partial charge < -0.3 is 4.42 Å². The van der Waals surface area contributed by atoms with Crippen LogP contribution in [0.4, 0.5) is 0 Å². The van der Waals surface area contributed by atoms with Crippen LogP contribution >= 0.6 is 0 Å². The molecule has 5 nitrogen and oxygen atoms in total. The average Bonchev–Trinajstić information content (AvgIpc) is 2.45. The molecular formula is C14H16N2O3. The van der Waals surface area contributed by atoms with Gasteiger partial charge in [0, 0.05) is 12.7 Å². The number of nitrogens with zero attached hydrogens (tertiary/aromatic N) is 2. The van der Waals surface area contributed by atoms with Crippen LogP contribution in [0.1, 0.15) is 32.1 Å². The van der Waals surface area contributed by atoms with Crippen molar-refractivity contribution in [3.05, 3.63) is 39.3 Å². The van der Waals surface area contributed by atoms with Crippen LogP contribution in [0.2, 0.25) is 0 Å². The van der Waals surface area contributed by atoms with E-state index < -0.39 is 11.4 Å². The second-order valence-corrected chi connectivity index (χ2v) is 5.14. The lowest BCUT2D eigenvalue weighted by molar-refractivity contribution is 0.300. The molecule has 5 heteroatoms. The number of fused-ring (bicyclic) bond motifs is 1. The maximum atomic E-state index is 11.9. The highest BCUT2D eigenvalue weighted by atomic mass is 16.4. The van der Waals surface area contributed by atoms with Gasteiger partial charge in [0.25, 0.3) is 0 Å². The highest BCUT2D eigenvalue weighted by Gasteiger charge is 2.17. The molecule has 0 radical (unpaired) electrons. The highest BCUT2D eigenvalue weighted by Crippen LogP contribution is 2.25. The van der Waals surface area contributed by atoms with Gasteiger partial charge in [-0.1, -0.05) is 19.3 Å². The Balaban J connectivity index is 2.07. The van der Waals surface area contributed by atoms with Crippen molar-refractivity contribution in [3.63, 3.8) is 0 Å². The largest absolute Gasteiger partial charge is 0.423 e. The van der Waals surface area contributed by atoms with Crippen LogP contribution in [0.5, 0.6) is 0 Å². The third-order valence-corrected chi connectivity index (χ3v) is 3.83. The lowest BCUT2D eigenvalue weighted by Crippen LogP contribution is -2.29. The molecule has 0 atom stereocenters. The van der Waals surface area contributed by atoms with Gasteiger partial charge in [-0.05, 0) is 30.9 Å². The van der Waals surface area contributed by atoms with Crippen LogP contribution < -0.4 is 11.4 Å². The predicted molar refractivity (Wildman–Crippen MR) is 71.1 cm³/mol. The molecule has 100 valence electrons. The Labute approximate surface area is 109 Å². The summed E-state index contributed by atoms with van der Waals surface area (Å²) in [5, 5.41) is 0.373. The first-order chi connectivity index (χ1) is 9.25. The van der Waals surface area contributed by atoms with Crippen LogP contribution in [0.3, 0.4) is 0 Å². The van der Waals surface area contributed by atoms with Crippen molar-refractivity contribution in [2.75, 3.05) is 0 Å². The molecule has 0 amide bonds. The van der Waals surface area contributed by atoms with Gasteiger partial charge in [0.1, 0.15) is 5.39 Å². The topological polar surface area (TPSA) is 65.1 Å². The minimum atomic E-state index is -0.604. The molecule has 3 rings (SSSR count). The van der Waals surface area contributed by atoms with Gasteiger partial charge >= 0.3 is 11.4 Å². The molecule has 0 aliphatic heterocycles. The van der Waals surface area contributed by atoms with Crippen LogP contribution in [0.25, 0.3) is 11.0 Å². The van der Waals surface area contributed by atoms with Crippen molar-refractivity contribution < 1.29 is 4.42 Å². The molecule has 0 N–H and O–H groups in total. The van der Waals surface area contributed by atoms with E-state index in [1.807, 2.05) is 0 Å². The normalized spacial score (nSPS) is 16.8. The minimum Gasteiger partial charge on any atom is -0.372 e. The van der Waals surface area contributed by atoms with Crippen LogP contribution in [-0.4, -0.2) is 9.55 Å². The first kappa shape index (κ1) is 12.1. The molecule has 0 bridgehead atoms. The van der Waals surface area contributed by atoms with Gasteiger partial charge in [-0.3, -0.25) is 4.57 Å². The molecule has 1 saturated carbocycles. The van der Waals surface area contributed by atoms with Crippen molar-refractivity contribution in [2.24, 2.45) is 5.92 Å². The van der Waals surface area contributed by atoms with Crippen molar-refractivity contribution >= 4 is 11.0 Å². The lowest BCUT2D eigenvalue weighted by atomic mass is 9.89. The summed E-state index contributed by atoms with van der Waals surface area (Å²) >= 11 is 0. The number of aromatic nitrogens is 2. The van der Waals surface area contributed by atoms with E-state index in [2.05, 4.69) is 4.98 Å². The van der Waals surface area contributed by atoms with E-state index in [0.29, 0.717) is 23.5 Å². The van der Waals surface area contributed by atoms with Crippen molar-refractivity contribution in [3.8, 4) is 0 Å². The Kier molecular flexibility index (Phi) is 3.19. The monoisotopic (exact) mass is 260 g/mol. The summed E-state index contributed by atoms with van der Waals surface area (Å²) in [5.41, 5.74) is -0.165. The summed E-state index contributed by atoms with van der Waals surface area (Å²) in [4.78, 5) is 27.7. The minimum absolute atomic E-state index is 0.373. The Morgan fingerprint density at radius 3 is 2.84 bits per heavy atom. The fourth-order valence-electron chi connectivity index (χ4n) is 2.84. The van der Waals surface area contributed by atoms with Gasteiger partial charge in [-0.15, -0.1) is 0 Å². The van der Waals surface area contributed by atoms with Crippen molar-refractivity contribution in [1.82, 2.24) is 9.55 Å². The number of rotatable bonds is 2. The van der Waals surface area contributed by atoms with Gasteiger partial charge in [-0.25, -0.2) is 14.6 Å². The quantitative estimate of drug-likeness (QED) is 0.827. The molecule has 2 heterocycles. The van der Waals surface area contributed by atoms with Gasteiger partial charge in [0.05, 0.1) is 0 Å². The Hall–Kier alpha value is -1.91. The van der Waals surface area contributed by atoms with E-state index in [0.717, 1.165) is 12.8 Å². The van der Waals surface area contributed by atoms with E-state index in [1.165, 1.54) is 23.8 Å². The van der Waals surface area contributed by atoms with Crippen LogP contribution in [0.15, 0.2) is 32.3 Å². The Morgan fingerprint density at radius 1 is 1.26 bits per heavy atom. The molecule has 1 aliphatic carbocycles. The third kappa shape index (κ3) is 2.32. The summed E-state index contributed by atoms with van der Waals surface area (Å²) < 4.78 is 6.28. The predicted octanol–water partition coefficient (Wildman–Crippen LogP) is 1.93. The van der Waals surface area contributed by atoms with Crippen LogP contribution in [0, 0.1) is 5.92 Å². The van der Waals surface area contributed by atoms with Gasteiger partial charge in [0.15, 0.2) is 5.65 Å². The third-order valence-electron chi connectivity index (χ3n) is 3.83. The fraction of sp³-hybridized carbons (Fsp3) is 0.500. The molecule has 0 spiro atoms.